The average Bonchev–Trinajstić information content (AvgIpc) is 2.96. The molecule has 1 N–H and O–H groups in total. The first kappa shape index (κ1) is 19.9. The van der Waals surface area contributed by atoms with Crippen molar-refractivity contribution < 1.29 is 19.1 Å². The van der Waals surface area contributed by atoms with E-state index in [1.54, 1.807) is 27.7 Å². The Morgan fingerprint density at radius 2 is 2.04 bits per heavy atom. The minimum absolute atomic E-state index is 0.0250. The van der Waals surface area contributed by atoms with Gasteiger partial charge in [-0.1, -0.05) is 6.92 Å². The Hall–Kier alpha value is -2.10. The third kappa shape index (κ3) is 6.19. The molecule has 24 heavy (non-hydrogen) atoms. The lowest BCUT2D eigenvalue weighted by molar-refractivity contribution is -0.133. The highest BCUT2D eigenvalue weighted by molar-refractivity contribution is 5.87. The summed E-state index contributed by atoms with van der Waals surface area (Å²) in [5.41, 5.74) is -0.681. The zero-order valence-corrected chi connectivity index (χ0v) is 14.9. The second-order valence-electron chi connectivity index (χ2n) is 6.95. The van der Waals surface area contributed by atoms with Crippen LogP contribution in [0, 0.1) is 11.3 Å². The molecule has 7 nitrogen and oxygen atoms in total. The molecule has 1 saturated heterocycles. The fourth-order valence-electron chi connectivity index (χ4n) is 2.55. The normalized spacial score (nSPS) is 18.6. The molecule has 0 bridgehead atoms. The van der Waals surface area contributed by atoms with Gasteiger partial charge in [0, 0.05) is 19.4 Å². The van der Waals surface area contributed by atoms with Crippen LogP contribution in [0.3, 0.4) is 0 Å². The summed E-state index contributed by atoms with van der Waals surface area (Å²) in [6.45, 7) is 7.44. The molecule has 1 rings (SSSR count). The molecule has 1 heterocycles. The van der Waals surface area contributed by atoms with E-state index in [1.165, 1.54) is 4.90 Å². The maximum absolute atomic E-state index is 12.7. The molecule has 0 aromatic carbocycles. The zero-order chi connectivity index (χ0) is 18.3. The van der Waals surface area contributed by atoms with Crippen LogP contribution in [0.5, 0.6) is 0 Å². The molecule has 1 aliphatic heterocycles. The summed E-state index contributed by atoms with van der Waals surface area (Å²) < 4.78 is 5.20. The smallest absolute Gasteiger partial charge is 0.408 e. The second kappa shape index (κ2) is 8.67. The van der Waals surface area contributed by atoms with E-state index in [9.17, 15) is 14.4 Å². The predicted molar refractivity (Wildman–Crippen MR) is 88.0 cm³/mol. The van der Waals surface area contributed by atoms with Crippen molar-refractivity contribution in [1.29, 1.82) is 5.26 Å². The summed E-state index contributed by atoms with van der Waals surface area (Å²) in [6.07, 6.45) is 1.50. The van der Waals surface area contributed by atoms with Crippen LogP contribution in [0.2, 0.25) is 0 Å². The van der Waals surface area contributed by atoms with Gasteiger partial charge in [-0.25, -0.2) is 4.79 Å². The Balaban J connectivity index is 2.80. The number of carbonyl (C=O) groups excluding carboxylic acids is 3. The predicted octanol–water partition coefficient (Wildman–Crippen LogP) is 2.15. The van der Waals surface area contributed by atoms with Crippen LogP contribution in [-0.4, -0.2) is 46.9 Å². The largest absolute Gasteiger partial charge is 0.444 e. The SMILES string of the molecule is CCC(=O)CC[C@H](NC(=O)OC(C)(C)C)C(=O)N1CCC[C@H]1C#N. The van der Waals surface area contributed by atoms with Crippen LogP contribution in [0.15, 0.2) is 0 Å². The zero-order valence-electron chi connectivity index (χ0n) is 14.9. The molecule has 1 fully saturated rings. The minimum Gasteiger partial charge on any atom is -0.444 e. The van der Waals surface area contributed by atoms with Gasteiger partial charge in [-0.05, 0) is 40.0 Å². The highest BCUT2D eigenvalue weighted by atomic mass is 16.6. The Morgan fingerprint density at radius 1 is 1.38 bits per heavy atom. The molecule has 2 amide bonds. The van der Waals surface area contributed by atoms with Crippen molar-refractivity contribution in [2.75, 3.05) is 6.54 Å². The third-order valence-corrected chi connectivity index (χ3v) is 3.78. The van der Waals surface area contributed by atoms with Crippen molar-refractivity contribution in [3.05, 3.63) is 0 Å². The maximum atomic E-state index is 12.7. The van der Waals surface area contributed by atoms with Gasteiger partial charge in [0.05, 0.1) is 6.07 Å². The number of rotatable bonds is 6. The molecule has 0 saturated carbocycles. The molecule has 7 heteroatoms. The van der Waals surface area contributed by atoms with Crippen LogP contribution < -0.4 is 5.32 Å². The number of hydrogen-bond acceptors (Lipinski definition) is 5. The molecule has 0 aromatic rings. The average molecular weight is 337 g/mol. The molecule has 2 atom stereocenters. The van der Waals surface area contributed by atoms with Crippen LogP contribution >= 0.6 is 0 Å². The Labute approximate surface area is 143 Å². The molecule has 134 valence electrons. The van der Waals surface area contributed by atoms with Crippen LogP contribution in [0.1, 0.15) is 59.8 Å². The molecule has 1 aliphatic rings. The third-order valence-electron chi connectivity index (χ3n) is 3.78. The summed E-state index contributed by atoms with van der Waals surface area (Å²) in [5, 5.41) is 11.7. The summed E-state index contributed by atoms with van der Waals surface area (Å²) >= 11 is 0. The van der Waals surface area contributed by atoms with Crippen molar-refractivity contribution in [2.45, 2.75) is 77.5 Å². The topological polar surface area (TPSA) is 99.5 Å². The van der Waals surface area contributed by atoms with Crippen molar-refractivity contribution in [3.63, 3.8) is 0 Å². The lowest BCUT2D eigenvalue weighted by Crippen LogP contribution is -2.51. The van der Waals surface area contributed by atoms with Gasteiger partial charge in [-0.3, -0.25) is 9.59 Å². The molecular weight excluding hydrogens is 310 g/mol. The molecule has 0 aromatic heterocycles. The van der Waals surface area contributed by atoms with Gasteiger partial charge in [0.1, 0.15) is 23.5 Å². The molecule has 0 radical (unpaired) electrons. The van der Waals surface area contributed by atoms with Crippen molar-refractivity contribution in [3.8, 4) is 6.07 Å². The van der Waals surface area contributed by atoms with Gasteiger partial charge in [-0.15, -0.1) is 0 Å². The number of ketones is 1. The number of nitrogens with zero attached hydrogens (tertiary/aromatic N) is 2. The lowest BCUT2D eigenvalue weighted by atomic mass is 10.1. The quantitative estimate of drug-likeness (QED) is 0.800. The summed E-state index contributed by atoms with van der Waals surface area (Å²) in [4.78, 5) is 37.8. The number of likely N-dealkylation sites (tertiary alicyclic amines) is 1. The number of hydrogen-bond donors (Lipinski definition) is 1. The second-order valence-corrected chi connectivity index (χ2v) is 6.95. The van der Waals surface area contributed by atoms with Gasteiger partial charge >= 0.3 is 6.09 Å². The van der Waals surface area contributed by atoms with E-state index in [0.29, 0.717) is 19.4 Å². The van der Waals surface area contributed by atoms with E-state index >= 15 is 0 Å². The summed E-state index contributed by atoms with van der Waals surface area (Å²) in [6, 6.07) is 0.784. The van der Waals surface area contributed by atoms with Gasteiger partial charge < -0.3 is 15.0 Å². The molecule has 0 aliphatic carbocycles. The van der Waals surface area contributed by atoms with Crippen LogP contribution in [0.4, 0.5) is 4.79 Å². The summed E-state index contributed by atoms with van der Waals surface area (Å²) in [7, 11) is 0. The first-order valence-corrected chi connectivity index (χ1v) is 8.39. The van der Waals surface area contributed by atoms with Crippen molar-refractivity contribution >= 4 is 17.8 Å². The molecule has 0 unspecified atom stereocenters. The number of carbonyl (C=O) groups is 3. The number of nitrogens with one attached hydrogen (secondary N) is 1. The highest BCUT2D eigenvalue weighted by Crippen LogP contribution is 2.19. The van der Waals surface area contributed by atoms with E-state index in [-0.39, 0.29) is 24.5 Å². The number of ether oxygens (including phenoxy) is 1. The summed E-state index contributed by atoms with van der Waals surface area (Å²) in [5.74, 6) is -0.300. The lowest BCUT2D eigenvalue weighted by Gasteiger charge is -2.27. The van der Waals surface area contributed by atoms with Gasteiger partial charge in [0.15, 0.2) is 0 Å². The number of nitriles is 1. The number of amides is 2. The van der Waals surface area contributed by atoms with Crippen LogP contribution in [0.25, 0.3) is 0 Å². The monoisotopic (exact) mass is 337 g/mol. The van der Waals surface area contributed by atoms with E-state index in [0.717, 1.165) is 6.42 Å². The highest BCUT2D eigenvalue weighted by Gasteiger charge is 2.34. The first-order valence-electron chi connectivity index (χ1n) is 8.39. The van der Waals surface area contributed by atoms with Crippen molar-refractivity contribution in [2.24, 2.45) is 0 Å². The Kier molecular flexibility index (Phi) is 7.20. The van der Waals surface area contributed by atoms with Gasteiger partial charge in [-0.2, -0.15) is 5.26 Å². The Bertz CT molecular complexity index is 519. The van der Waals surface area contributed by atoms with E-state index in [1.807, 2.05) is 0 Å². The molecular formula is C17H27N3O4. The Morgan fingerprint density at radius 3 is 2.58 bits per heavy atom. The standard InChI is InChI=1S/C17H27N3O4/c1-5-13(21)8-9-14(19-16(23)24-17(2,3)4)15(22)20-10-6-7-12(20)11-18/h12,14H,5-10H2,1-4H3,(H,19,23)/t12-,14-/m0/s1. The fraction of sp³-hybridized carbons (Fsp3) is 0.765. The van der Waals surface area contributed by atoms with Crippen molar-refractivity contribution in [1.82, 2.24) is 10.2 Å². The van der Waals surface area contributed by atoms with E-state index in [2.05, 4.69) is 11.4 Å². The van der Waals surface area contributed by atoms with E-state index < -0.39 is 23.8 Å². The maximum Gasteiger partial charge on any atom is 0.408 e. The molecule has 0 spiro atoms. The fourth-order valence-corrected chi connectivity index (χ4v) is 2.55. The number of alkyl carbamates (subject to hydrolysis) is 1. The van der Waals surface area contributed by atoms with Crippen LogP contribution in [-0.2, 0) is 14.3 Å². The van der Waals surface area contributed by atoms with Gasteiger partial charge in [0.2, 0.25) is 5.91 Å². The van der Waals surface area contributed by atoms with E-state index in [4.69, 9.17) is 10.00 Å². The van der Waals surface area contributed by atoms with Gasteiger partial charge in [0.25, 0.3) is 0 Å². The first-order chi connectivity index (χ1) is 11.2. The minimum atomic E-state index is -0.857. The number of Topliss-reactive ketones (excluding diaryl/α,β-unsaturated/α-hetero) is 1.